The van der Waals surface area contributed by atoms with Crippen LogP contribution in [0.3, 0.4) is 0 Å². The van der Waals surface area contributed by atoms with Crippen molar-refractivity contribution in [3.8, 4) is 0 Å². The number of carboxylic acid groups (broad SMARTS) is 1. The van der Waals surface area contributed by atoms with Gasteiger partial charge in [-0.05, 0) is 0 Å². The minimum atomic E-state index is -1.42. The van der Waals surface area contributed by atoms with Crippen LogP contribution in [-0.2, 0) is 0 Å². The number of pyridine rings is 1. The number of carbonyl (C=O) groups is 1. The van der Waals surface area contributed by atoms with E-state index in [-0.39, 0.29) is 10.9 Å². The van der Waals surface area contributed by atoms with Crippen LogP contribution < -0.4 is 15.6 Å². The van der Waals surface area contributed by atoms with E-state index in [2.05, 4.69) is 5.32 Å². The summed E-state index contributed by atoms with van der Waals surface area (Å²) in [5.74, 6) is -1.71. The van der Waals surface area contributed by atoms with E-state index in [1.165, 1.54) is 12.3 Å². The molecule has 0 spiro atoms. The van der Waals surface area contributed by atoms with Crippen molar-refractivity contribution >= 4 is 42.7 Å². The third-order valence-electron chi connectivity index (χ3n) is 4.33. The Kier molecular flexibility index (Phi) is 3.95. The molecule has 4 rings (SSSR count). The number of piperazine rings is 1. The standard InChI is InChI=1S/C16H17FIN3O3/c17-12-7-10-13(8-14(12)20-5-3-19-4-6-20)21(18-1-2-18)9-11(15(10)22)16(23)24/h7-9,19H,1-6H2,(H,23,24). The fourth-order valence-electron chi connectivity index (χ4n) is 3.01. The molecule has 3 heterocycles. The van der Waals surface area contributed by atoms with Crippen molar-refractivity contribution in [3.05, 3.63) is 39.9 Å². The number of halogens is 2. The fourth-order valence-corrected chi connectivity index (χ4v) is 7.26. The molecule has 1 aromatic carbocycles. The first kappa shape index (κ1) is 15.8. The number of aromatic carboxylic acids is 1. The van der Waals surface area contributed by atoms with Crippen LogP contribution >= 0.6 is 20.1 Å². The van der Waals surface area contributed by atoms with Crippen LogP contribution in [0, 0.1) is 5.82 Å². The first-order valence-electron chi connectivity index (χ1n) is 7.76. The third-order valence-corrected chi connectivity index (χ3v) is 8.64. The Morgan fingerprint density at radius 2 is 1.96 bits per heavy atom. The van der Waals surface area contributed by atoms with Gasteiger partial charge in [0.1, 0.15) is 0 Å². The molecule has 2 saturated heterocycles. The van der Waals surface area contributed by atoms with Crippen LogP contribution in [0.2, 0.25) is 0 Å². The summed E-state index contributed by atoms with van der Waals surface area (Å²) in [6.07, 6.45) is 1.48. The molecule has 0 saturated carbocycles. The molecule has 0 bridgehead atoms. The van der Waals surface area contributed by atoms with E-state index >= 15 is 0 Å². The fraction of sp³-hybridized carbons (Fsp3) is 0.375. The van der Waals surface area contributed by atoms with Gasteiger partial charge in [0.05, 0.1) is 0 Å². The van der Waals surface area contributed by atoms with Gasteiger partial charge in [-0.2, -0.15) is 0 Å². The number of nitrogens with one attached hydrogen (secondary N) is 1. The Hall–Kier alpha value is -1.68. The Morgan fingerprint density at radius 3 is 2.58 bits per heavy atom. The zero-order valence-electron chi connectivity index (χ0n) is 12.9. The van der Waals surface area contributed by atoms with Gasteiger partial charge in [-0.1, -0.05) is 0 Å². The molecule has 2 aromatic rings. The SMILES string of the molecule is O=C(O)c1cn(I2CC2)c2cc(N3CCNCC3)c(F)cc2c1=O. The van der Waals surface area contributed by atoms with Crippen LogP contribution in [0.15, 0.2) is 23.1 Å². The molecule has 0 amide bonds. The van der Waals surface area contributed by atoms with Crippen LogP contribution in [-0.4, -0.2) is 48.9 Å². The Balaban J connectivity index is 1.95. The van der Waals surface area contributed by atoms with Gasteiger partial charge < -0.3 is 0 Å². The molecule has 24 heavy (non-hydrogen) atoms. The molecule has 6 nitrogen and oxygen atoms in total. The molecule has 128 valence electrons. The number of anilines is 1. The molecule has 0 aliphatic carbocycles. The first-order chi connectivity index (χ1) is 11.6. The van der Waals surface area contributed by atoms with E-state index in [0.29, 0.717) is 24.3 Å². The molecule has 0 atom stereocenters. The van der Waals surface area contributed by atoms with Crippen molar-refractivity contribution in [2.45, 2.75) is 0 Å². The summed E-state index contributed by atoms with van der Waals surface area (Å²) >= 11 is -1.42. The monoisotopic (exact) mass is 445 g/mol. The van der Waals surface area contributed by atoms with E-state index in [1.807, 2.05) is 7.68 Å². The molecule has 0 radical (unpaired) electrons. The van der Waals surface area contributed by atoms with Crippen molar-refractivity contribution < 1.29 is 14.3 Å². The molecule has 2 aliphatic rings. The number of hydrogen-bond donors (Lipinski definition) is 2. The maximum absolute atomic E-state index is 14.6. The van der Waals surface area contributed by atoms with Crippen LogP contribution in [0.4, 0.5) is 10.1 Å². The number of nitrogens with zero attached hydrogens (tertiary/aromatic N) is 2. The molecule has 1 aromatic heterocycles. The van der Waals surface area contributed by atoms with Gasteiger partial charge >= 0.3 is 145 Å². The average Bonchev–Trinajstić information content (AvgIpc) is 3.40. The predicted molar refractivity (Wildman–Crippen MR) is 99.4 cm³/mol. The second kappa shape index (κ2) is 5.99. The molecular weight excluding hydrogens is 428 g/mol. The van der Waals surface area contributed by atoms with E-state index in [9.17, 15) is 19.1 Å². The van der Waals surface area contributed by atoms with E-state index < -0.39 is 37.3 Å². The van der Waals surface area contributed by atoms with Gasteiger partial charge in [0.2, 0.25) is 0 Å². The summed E-state index contributed by atoms with van der Waals surface area (Å²) in [7, 11) is 0. The number of hydrogen-bond acceptors (Lipinski definition) is 4. The Morgan fingerprint density at radius 1 is 1.25 bits per heavy atom. The van der Waals surface area contributed by atoms with Crippen molar-refractivity contribution in [1.82, 2.24) is 8.10 Å². The maximum atomic E-state index is 14.6. The normalized spacial score (nSPS) is 18.9. The average molecular weight is 445 g/mol. The summed E-state index contributed by atoms with van der Waals surface area (Å²) < 4.78 is 18.8. The summed E-state index contributed by atoms with van der Waals surface area (Å²) in [5.41, 5.74) is 0.318. The molecule has 0 unspecified atom stereocenters. The van der Waals surface area contributed by atoms with Gasteiger partial charge in [-0.25, -0.2) is 0 Å². The Labute approximate surface area is 145 Å². The van der Waals surface area contributed by atoms with Crippen molar-refractivity contribution in [1.29, 1.82) is 0 Å². The summed E-state index contributed by atoms with van der Waals surface area (Å²) in [6, 6.07) is 2.95. The summed E-state index contributed by atoms with van der Waals surface area (Å²) in [4.78, 5) is 25.8. The predicted octanol–water partition coefficient (Wildman–Crippen LogP) is 1.53. The van der Waals surface area contributed by atoms with Gasteiger partial charge in [-0.15, -0.1) is 0 Å². The number of benzene rings is 1. The molecule has 2 N–H and O–H groups in total. The second-order valence-corrected chi connectivity index (χ2v) is 11.5. The molecule has 8 heteroatoms. The van der Waals surface area contributed by atoms with Crippen molar-refractivity contribution in [2.75, 3.05) is 39.9 Å². The number of fused-ring (bicyclic) bond motifs is 1. The third kappa shape index (κ3) is 2.67. The minimum absolute atomic E-state index is 0.176. The molecular formula is C16H17FIN3O3. The zero-order valence-corrected chi connectivity index (χ0v) is 15.0. The van der Waals surface area contributed by atoms with Crippen LogP contribution in [0.5, 0.6) is 0 Å². The van der Waals surface area contributed by atoms with Gasteiger partial charge in [-0.3, -0.25) is 0 Å². The summed E-state index contributed by atoms with van der Waals surface area (Å²) in [5, 5.41) is 12.7. The summed E-state index contributed by atoms with van der Waals surface area (Å²) in [6.45, 7) is 3.01. The Bertz CT molecular complexity index is 888. The van der Waals surface area contributed by atoms with E-state index in [4.69, 9.17) is 0 Å². The number of rotatable bonds is 3. The quantitative estimate of drug-likeness (QED) is 0.554. The van der Waals surface area contributed by atoms with Gasteiger partial charge in [0, 0.05) is 0 Å². The first-order valence-corrected chi connectivity index (χ1v) is 11.8. The van der Waals surface area contributed by atoms with Gasteiger partial charge in [0.25, 0.3) is 0 Å². The second-order valence-electron chi connectivity index (χ2n) is 5.85. The number of carboxylic acids is 1. The number of aromatic nitrogens is 1. The van der Waals surface area contributed by atoms with Crippen molar-refractivity contribution in [3.63, 3.8) is 0 Å². The van der Waals surface area contributed by atoms with Gasteiger partial charge in [0.15, 0.2) is 0 Å². The van der Waals surface area contributed by atoms with Crippen LogP contribution in [0.25, 0.3) is 10.9 Å². The number of alkyl halides is 2. The van der Waals surface area contributed by atoms with E-state index in [1.54, 1.807) is 6.07 Å². The topological polar surface area (TPSA) is 74.6 Å². The zero-order chi connectivity index (χ0) is 16.8. The molecule has 2 fully saturated rings. The van der Waals surface area contributed by atoms with E-state index in [0.717, 1.165) is 21.9 Å². The van der Waals surface area contributed by atoms with Crippen molar-refractivity contribution in [2.24, 2.45) is 0 Å². The molecule has 2 aliphatic heterocycles. The van der Waals surface area contributed by atoms with Crippen LogP contribution in [0.1, 0.15) is 10.4 Å².